The van der Waals surface area contributed by atoms with Crippen LogP contribution in [-0.4, -0.2) is 38.2 Å². The van der Waals surface area contributed by atoms with E-state index in [1.54, 1.807) is 0 Å². The second-order valence-corrected chi connectivity index (χ2v) is 9.26. The summed E-state index contributed by atoms with van der Waals surface area (Å²) in [4.78, 5) is 5.25. The molecule has 3 rings (SSSR count). The van der Waals surface area contributed by atoms with Gasteiger partial charge in [0.2, 0.25) is 10.4 Å². The van der Waals surface area contributed by atoms with Crippen LogP contribution in [0.2, 0.25) is 0 Å². The molecule has 1 aliphatic heterocycles. The summed E-state index contributed by atoms with van der Waals surface area (Å²) in [6.07, 6.45) is 2.48. The summed E-state index contributed by atoms with van der Waals surface area (Å²) in [6, 6.07) is 18.8. The van der Waals surface area contributed by atoms with E-state index in [0.717, 1.165) is 12.6 Å². The molecule has 8 heteroatoms. The van der Waals surface area contributed by atoms with Crippen molar-refractivity contribution in [3.8, 4) is 0 Å². The lowest BCUT2D eigenvalue weighted by molar-refractivity contribution is -0.690. The van der Waals surface area contributed by atoms with Crippen LogP contribution >= 0.6 is 11.8 Å². The SMILES string of the molecule is CCC(CC)[NH2+]CC(C)N1c2ccccc2Sc2ccccc21.CCOS(=O)(=O)[O-]. The van der Waals surface area contributed by atoms with Gasteiger partial charge in [0.15, 0.2) is 0 Å². The molecule has 1 aliphatic rings. The fourth-order valence-corrected chi connectivity index (χ4v) is 4.83. The maximum absolute atomic E-state index is 9.45. The molecule has 2 N–H and O–H groups in total. The highest BCUT2D eigenvalue weighted by atomic mass is 32.3. The smallest absolute Gasteiger partial charge is 0.217 e. The Labute approximate surface area is 185 Å². The zero-order valence-corrected chi connectivity index (χ0v) is 19.7. The van der Waals surface area contributed by atoms with Gasteiger partial charge in [-0.1, -0.05) is 49.9 Å². The van der Waals surface area contributed by atoms with Gasteiger partial charge < -0.3 is 14.8 Å². The van der Waals surface area contributed by atoms with E-state index in [-0.39, 0.29) is 6.61 Å². The van der Waals surface area contributed by atoms with Gasteiger partial charge in [0, 0.05) is 9.79 Å². The third kappa shape index (κ3) is 6.99. The number of quaternary nitrogens is 1. The van der Waals surface area contributed by atoms with Crippen LogP contribution in [0.5, 0.6) is 0 Å². The predicted octanol–water partition coefficient (Wildman–Crippen LogP) is 3.91. The first kappa shape index (κ1) is 24.7. The first-order chi connectivity index (χ1) is 14.3. The van der Waals surface area contributed by atoms with E-state index in [9.17, 15) is 13.0 Å². The highest BCUT2D eigenvalue weighted by Crippen LogP contribution is 2.48. The lowest BCUT2D eigenvalue weighted by atomic mass is 10.1. The van der Waals surface area contributed by atoms with Gasteiger partial charge in [-0.15, -0.1) is 0 Å². The van der Waals surface area contributed by atoms with Crippen LogP contribution in [0, 0.1) is 0 Å². The number of anilines is 2. The van der Waals surface area contributed by atoms with E-state index in [2.05, 4.69) is 83.7 Å². The molecule has 0 amide bonds. The summed E-state index contributed by atoms with van der Waals surface area (Å²) < 4.78 is 32.0. The minimum absolute atomic E-state index is 0.0914. The quantitative estimate of drug-likeness (QED) is 0.483. The van der Waals surface area contributed by atoms with Crippen molar-refractivity contribution in [3.63, 3.8) is 0 Å². The highest BCUT2D eigenvalue weighted by Gasteiger charge is 2.27. The molecule has 166 valence electrons. The Morgan fingerprint density at radius 2 is 1.50 bits per heavy atom. The largest absolute Gasteiger partial charge is 0.726 e. The van der Waals surface area contributed by atoms with Gasteiger partial charge >= 0.3 is 0 Å². The van der Waals surface area contributed by atoms with Crippen molar-refractivity contribution in [1.82, 2.24) is 0 Å². The molecule has 6 nitrogen and oxygen atoms in total. The topological polar surface area (TPSA) is 86.3 Å². The van der Waals surface area contributed by atoms with Crippen molar-refractivity contribution < 1.29 is 22.5 Å². The molecule has 0 fully saturated rings. The van der Waals surface area contributed by atoms with Gasteiger partial charge in [0.05, 0.1) is 36.6 Å². The van der Waals surface area contributed by atoms with E-state index in [4.69, 9.17) is 0 Å². The zero-order valence-electron chi connectivity index (χ0n) is 18.1. The number of benzene rings is 2. The lowest BCUT2D eigenvalue weighted by Gasteiger charge is -2.36. The molecule has 1 atom stereocenters. The van der Waals surface area contributed by atoms with Gasteiger partial charge in [-0.3, -0.25) is 4.18 Å². The molecule has 2 aromatic rings. The van der Waals surface area contributed by atoms with E-state index in [1.807, 2.05) is 11.8 Å². The molecule has 30 heavy (non-hydrogen) atoms. The fourth-order valence-electron chi connectivity index (χ4n) is 3.47. The van der Waals surface area contributed by atoms with Crippen LogP contribution in [0.1, 0.15) is 40.5 Å². The normalized spacial score (nSPS) is 13.9. The molecule has 0 aromatic heterocycles. The van der Waals surface area contributed by atoms with Gasteiger partial charge in [-0.2, -0.15) is 0 Å². The van der Waals surface area contributed by atoms with Gasteiger partial charge in [0.1, 0.15) is 0 Å². The van der Waals surface area contributed by atoms with Crippen LogP contribution < -0.4 is 10.2 Å². The van der Waals surface area contributed by atoms with Crippen LogP contribution in [-0.2, 0) is 14.6 Å². The second kappa shape index (κ2) is 11.7. The average Bonchev–Trinajstić information content (AvgIpc) is 2.72. The number of para-hydroxylation sites is 2. The van der Waals surface area contributed by atoms with Crippen molar-refractivity contribution in [2.45, 2.75) is 62.4 Å². The number of rotatable bonds is 8. The standard InChI is InChI=1S/C20H26N2S.C2H6O4S/c1-4-16(5-2)21-14-15(3)22-17-10-6-8-12-19(17)23-20-13-9-7-11-18(20)22;1-2-6-7(3,4)5/h6-13,15-16,21H,4-5,14H2,1-3H3;2H2,1H3,(H,3,4,5). The first-order valence-corrected chi connectivity index (χ1v) is 12.5. The van der Waals surface area contributed by atoms with Gasteiger partial charge in [0.25, 0.3) is 0 Å². The molecule has 0 saturated heterocycles. The number of nitrogens with two attached hydrogens (primary N) is 1. The molecule has 1 unspecified atom stereocenters. The summed E-state index contributed by atoms with van der Waals surface area (Å²) in [6.45, 7) is 9.39. The minimum atomic E-state index is -4.42. The summed E-state index contributed by atoms with van der Waals surface area (Å²) in [5, 5.41) is 2.53. The summed E-state index contributed by atoms with van der Waals surface area (Å²) in [5.41, 5.74) is 2.70. The maximum atomic E-state index is 9.45. The molecule has 0 radical (unpaired) electrons. The number of fused-ring (bicyclic) bond motifs is 2. The summed E-state index contributed by atoms with van der Waals surface area (Å²) in [7, 11) is -4.42. The third-order valence-electron chi connectivity index (χ3n) is 5.03. The average molecular weight is 453 g/mol. The number of nitrogens with zero attached hydrogens (tertiary/aromatic N) is 1. The van der Waals surface area contributed by atoms with E-state index in [1.165, 1.54) is 40.9 Å². The van der Waals surface area contributed by atoms with Gasteiger partial charge in [-0.05, 0) is 51.0 Å². The Bertz CT molecular complexity index is 856. The Morgan fingerprint density at radius 3 is 1.90 bits per heavy atom. The molecule has 2 aromatic carbocycles. The molecule has 0 bridgehead atoms. The fraction of sp³-hybridized carbons (Fsp3) is 0.455. The second-order valence-electron chi connectivity index (χ2n) is 7.12. The van der Waals surface area contributed by atoms with Crippen molar-refractivity contribution in [2.75, 3.05) is 18.1 Å². The summed E-state index contributed by atoms with van der Waals surface area (Å²) in [5.74, 6) is 0. The maximum Gasteiger partial charge on any atom is 0.217 e. The van der Waals surface area contributed by atoms with E-state index >= 15 is 0 Å². The van der Waals surface area contributed by atoms with E-state index < -0.39 is 10.4 Å². The van der Waals surface area contributed by atoms with Crippen molar-refractivity contribution in [2.24, 2.45) is 0 Å². The molecular weight excluding hydrogens is 420 g/mol. The summed E-state index contributed by atoms with van der Waals surface area (Å²) >= 11 is 1.89. The Balaban J connectivity index is 0.000000396. The Kier molecular flexibility index (Phi) is 9.64. The Morgan fingerprint density at radius 1 is 1.00 bits per heavy atom. The number of hydrogen-bond donors (Lipinski definition) is 1. The van der Waals surface area contributed by atoms with Crippen molar-refractivity contribution >= 4 is 33.5 Å². The lowest BCUT2D eigenvalue weighted by Crippen LogP contribution is -2.92. The monoisotopic (exact) mass is 452 g/mol. The first-order valence-electron chi connectivity index (χ1n) is 10.4. The minimum Gasteiger partial charge on any atom is -0.726 e. The molecule has 0 saturated carbocycles. The van der Waals surface area contributed by atoms with Crippen molar-refractivity contribution in [1.29, 1.82) is 0 Å². The molecule has 1 heterocycles. The Hall–Kier alpha value is -1.58. The van der Waals surface area contributed by atoms with Crippen molar-refractivity contribution in [3.05, 3.63) is 48.5 Å². The van der Waals surface area contributed by atoms with E-state index in [0.29, 0.717) is 6.04 Å². The number of hydrogen-bond acceptors (Lipinski definition) is 6. The zero-order chi connectivity index (χ0) is 22.1. The molecule has 0 aliphatic carbocycles. The van der Waals surface area contributed by atoms with Crippen LogP contribution in [0.25, 0.3) is 0 Å². The van der Waals surface area contributed by atoms with Crippen LogP contribution in [0.3, 0.4) is 0 Å². The molecular formula is C22H32N2O4S2. The molecule has 0 spiro atoms. The predicted molar refractivity (Wildman–Crippen MR) is 121 cm³/mol. The van der Waals surface area contributed by atoms with Gasteiger partial charge in [-0.25, -0.2) is 8.42 Å². The van der Waals surface area contributed by atoms with Crippen LogP contribution in [0.4, 0.5) is 11.4 Å². The third-order valence-corrected chi connectivity index (χ3v) is 6.69. The highest BCUT2D eigenvalue weighted by molar-refractivity contribution is 7.99. The van der Waals surface area contributed by atoms with Crippen LogP contribution in [0.15, 0.2) is 58.3 Å².